The standard InChI is InChI=1S/C7H10Cl2.CHClO2/c1-7(2)3-5(7)6(9)4-8;2-1(3)4/h4-5H,3H2,1-2H3;(H,3,4). The molecular weight excluding hydrogens is 234 g/mol. The number of hydrogen-bond acceptors (Lipinski definition) is 1. The van der Waals surface area contributed by atoms with Crippen LogP contribution in [0.4, 0.5) is 4.79 Å². The summed E-state index contributed by atoms with van der Waals surface area (Å²) in [5, 5.41) is 7.99. The Hall–Kier alpha value is 0.0800. The normalized spacial score (nSPS) is 24.4. The van der Waals surface area contributed by atoms with Gasteiger partial charge in [0.25, 0.3) is 0 Å². The molecule has 0 heterocycles. The molecule has 1 aliphatic rings. The zero-order valence-electron chi connectivity index (χ0n) is 7.35. The van der Waals surface area contributed by atoms with Crippen molar-refractivity contribution in [3.63, 3.8) is 0 Å². The van der Waals surface area contributed by atoms with Crippen LogP contribution in [0.5, 0.6) is 0 Å². The van der Waals surface area contributed by atoms with Gasteiger partial charge in [-0.25, -0.2) is 4.79 Å². The number of carboxylic acid groups (broad SMARTS) is 1. The molecule has 0 aliphatic heterocycles. The van der Waals surface area contributed by atoms with E-state index in [0.29, 0.717) is 11.3 Å². The van der Waals surface area contributed by atoms with E-state index >= 15 is 0 Å². The first-order chi connectivity index (χ1) is 5.81. The molecule has 2 nitrogen and oxygen atoms in total. The molecule has 1 atom stereocenters. The summed E-state index contributed by atoms with van der Waals surface area (Å²) in [7, 11) is 0. The lowest BCUT2D eigenvalue weighted by molar-refractivity contribution is 0.220. The van der Waals surface area contributed by atoms with E-state index in [-0.39, 0.29) is 0 Å². The van der Waals surface area contributed by atoms with Gasteiger partial charge in [-0.2, -0.15) is 0 Å². The Morgan fingerprint density at radius 3 is 1.92 bits per heavy atom. The van der Waals surface area contributed by atoms with Crippen molar-refractivity contribution in [1.29, 1.82) is 0 Å². The number of rotatable bonds is 1. The summed E-state index contributed by atoms with van der Waals surface area (Å²) in [6.45, 7) is 4.39. The minimum Gasteiger partial charge on any atom is -0.469 e. The van der Waals surface area contributed by atoms with E-state index in [9.17, 15) is 0 Å². The molecule has 1 N–H and O–H groups in total. The minimum atomic E-state index is -1.36. The van der Waals surface area contributed by atoms with Gasteiger partial charge >= 0.3 is 5.43 Å². The minimum absolute atomic E-state index is 0.405. The van der Waals surface area contributed by atoms with Crippen LogP contribution >= 0.6 is 34.8 Å². The van der Waals surface area contributed by atoms with E-state index in [0.717, 1.165) is 5.03 Å². The van der Waals surface area contributed by atoms with Gasteiger partial charge in [-0.15, -0.1) is 0 Å². The summed E-state index contributed by atoms with van der Waals surface area (Å²) in [6.07, 6.45) is 1.18. The van der Waals surface area contributed by atoms with Gasteiger partial charge in [0.2, 0.25) is 0 Å². The van der Waals surface area contributed by atoms with E-state index < -0.39 is 5.43 Å². The topological polar surface area (TPSA) is 37.3 Å². The van der Waals surface area contributed by atoms with Crippen LogP contribution in [0.2, 0.25) is 0 Å². The molecular formula is C8H11Cl3O2. The lowest BCUT2D eigenvalue weighted by Crippen LogP contribution is -1.88. The molecule has 0 bridgehead atoms. The van der Waals surface area contributed by atoms with Gasteiger partial charge in [-0.1, -0.05) is 37.0 Å². The first-order valence-corrected chi connectivity index (χ1v) is 4.84. The Morgan fingerprint density at radius 1 is 1.54 bits per heavy atom. The van der Waals surface area contributed by atoms with E-state index in [1.807, 2.05) is 0 Å². The van der Waals surface area contributed by atoms with Gasteiger partial charge in [0.05, 0.1) is 0 Å². The van der Waals surface area contributed by atoms with Crippen LogP contribution in [-0.4, -0.2) is 10.5 Å². The smallest absolute Gasteiger partial charge is 0.401 e. The van der Waals surface area contributed by atoms with E-state index in [4.69, 9.17) is 33.1 Å². The Bertz CT molecular complexity index is 219. The van der Waals surface area contributed by atoms with Crippen molar-refractivity contribution in [2.45, 2.75) is 20.3 Å². The maximum absolute atomic E-state index is 8.77. The fourth-order valence-corrected chi connectivity index (χ4v) is 1.54. The molecule has 76 valence electrons. The zero-order chi connectivity index (χ0) is 10.6. The van der Waals surface area contributed by atoms with Crippen LogP contribution in [0.25, 0.3) is 0 Å². The Labute approximate surface area is 92.5 Å². The molecule has 1 rings (SSSR count). The Morgan fingerprint density at radius 2 is 1.85 bits per heavy atom. The molecule has 1 fully saturated rings. The van der Waals surface area contributed by atoms with Crippen molar-refractivity contribution in [3.8, 4) is 0 Å². The molecule has 0 saturated heterocycles. The third-order valence-corrected chi connectivity index (χ3v) is 2.67. The highest BCUT2D eigenvalue weighted by atomic mass is 35.5. The van der Waals surface area contributed by atoms with Gasteiger partial charge in [0.1, 0.15) is 0 Å². The second-order valence-corrected chi connectivity index (χ2v) is 4.47. The van der Waals surface area contributed by atoms with Crippen molar-refractivity contribution < 1.29 is 9.90 Å². The van der Waals surface area contributed by atoms with E-state index in [1.54, 1.807) is 0 Å². The number of carbonyl (C=O) groups is 1. The molecule has 5 heteroatoms. The molecule has 0 amide bonds. The average molecular weight is 246 g/mol. The molecule has 1 saturated carbocycles. The molecule has 0 radical (unpaired) electrons. The van der Waals surface area contributed by atoms with Crippen LogP contribution in [-0.2, 0) is 0 Å². The zero-order valence-corrected chi connectivity index (χ0v) is 9.62. The quantitative estimate of drug-likeness (QED) is 0.701. The largest absolute Gasteiger partial charge is 0.469 e. The summed E-state index contributed by atoms with van der Waals surface area (Å²) in [5.41, 5.74) is 0.517. The highest BCUT2D eigenvalue weighted by Gasteiger charge is 2.47. The van der Waals surface area contributed by atoms with E-state index in [1.165, 1.54) is 12.0 Å². The van der Waals surface area contributed by atoms with Crippen molar-refractivity contribution >= 4 is 40.2 Å². The van der Waals surface area contributed by atoms with Crippen LogP contribution in [0.3, 0.4) is 0 Å². The summed E-state index contributed by atoms with van der Waals surface area (Å²) in [4.78, 5) is 8.77. The molecule has 1 aliphatic carbocycles. The third-order valence-electron chi connectivity index (χ3n) is 1.95. The predicted molar refractivity (Wildman–Crippen MR) is 55.6 cm³/mol. The van der Waals surface area contributed by atoms with Crippen LogP contribution in [0.1, 0.15) is 20.3 Å². The Kier molecular flexibility index (Phi) is 5.11. The van der Waals surface area contributed by atoms with Crippen LogP contribution < -0.4 is 0 Å². The van der Waals surface area contributed by atoms with Crippen molar-refractivity contribution in [1.82, 2.24) is 0 Å². The molecule has 0 aromatic carbocycles. The maximum atomic E-state index is 8.77. The SMILES string of the molecule is CC1(C)CC1C(Cl)=CCl.O=C(O)Cl. The van der Waals surface area contributed by atoms with Crippen molar-refractivity contribution in [2.75, 3.05) is 0 Å². The highest BCUT2D eigenvalue weighted by Crippen LogP contribution is 2.56. The fourth-order valence-electron chi connectivity index (χ4n) is 1.01. The van der Waals surface area contributed by atoms with Crippen molar-refractivity contribution in [3.05, 3.63) is 10.6 Å². The molecule has 1 unspecified atom stereocenters. The van der Waals surface area contributed by atoms with Gasteiger partial charge in [0, 0.05) is 28.1 Å². The van der Waals surface area contributed by atoms with Crippen molar-refractivity contribution in [2.24, 2.45) is 11.3 Å². The molecule has 13 heavy (non-hydrogen) atoms. The van der Waals surface area contributed by atoms with Gasteiger partial charge in [-0.05, 0) is 11.8 Å². The number of allylic oxidation sites excluding steroid dienone is 1. The maximum Gasteiger partial charge on any atom is 0.401 e. The second-order valence-electron chi connectivity index (χ2n) is 3.49. The number of halogens is 3. The highest BCUT2D eigenvalue weighted by molar-refractivity contribution is 6.60. The van der Waals surface area contributed by atoms with Crippen LogP contribution in [0.15, 0.2) is 10.6 Å². The summed E-state index contributed by atoms with van der Waals surface area (Å²) >= 11 is 15.4. The first-order valence-electron chi connectivity index (χ1n) is 3.65. The van der Waals surface area contributed by atoms with Gasteiger partial charge in [0.15, 0.2) is 0 Å². The second kappa shape index (κ2) is 5.08. The molecule has 0 spiro atoms. The Balaban J connectivity index is 0.000000310. The van der Waals surface area contributed by atoms with Gasteiger partial charge in [-0.3, -0.25) is 0 Å². The first kappa shape index (κ1) is 13.1. The summed E-state index contributed by atoms with van der Waals surface area (Å²) in [5.74, 6) is 0.525. The lowest BCUT2D eigenvalue weighted by atomic mass is 10.1. The third kappa shape index (κ3) is 5.40. The molecule has 0 aromatic heterocycles. The predicted octanol–water partition coefficient (Wildman–Crippen LogP) is 4.25. The fraction of sp³-hybridized carbons (Fsp3) is 0.625. The average Bonchev–Trinajstić information content (AvgIpc) is 2.57. The lowest BCUT2D eigenvalue weighted by Gasteiger charge is -1.98. The van der Waals surface area contributed by atoms with E-state index in [2.05, 4.69) is 25.4 Å². The van der Waals surface area contributed by atoms with Gasteiger partial charge < -0.3 is 5.11 Å². The summed E-state index contributed by atoms with van der Waals surface area (Å²) in [6, 6.07) is 0. The number of hydrogen-bond donors (Lipinski definition) is 1. The monoisotopic (exact) mass is 244 g/mol. The summed E-state index contributed by atoms with van der Waals surface area (Å²) < 4.78 is 0. The molecule has 0 aromatic rings. The van der Waals surface area contributed by atoms with Crippen LogP contribution in [0, 0.1) is 11.3 Å².